The Morgan fingerprint density at radius 3 is 3.06 bits per heavy atom. The van der Waals surface area contributed by atoms with Crippen LogP contribution in [0, 0.1) is 0 Å². The number of rotatable bonds is 8. The standard InChI is InChI=1S/C13H20N4O/c1-2-3-10-18-11-4-6-14-13-12-5-7-16-17(12)9-8-15-13/h5,7-9H,2-4,6,10-11H2,1H3,(H,14,15). The highest BCUT2D eigenvalue weighted by Crippen LogP contribution is 2.11. The maximum atomic E-state index is 5.51. The fraction of sp³-hybridized carbons (Fsp3) is 0.538. The topological polar surface area (TPSA) is 51.5 Å². The molecule has 0 aliphatic heterocycles. The van der Waals surface area contributed by atoms with Crippen molar-refractivity contribution in [3.05, 3.63) is 24.7 Å². The van der Waals surface area contributed by atoms with Crippen molar-refractivity contribution in [1.29, 1.82) is 0 Å². The molecular formula is C13H20N4O. The molecule has 0 aromatic carbocycles. The molecule has 0 saturated heterocycles. The molecule has 0 saturated carbocycles. The van der Waals surface area contributed by atoms with Gasteiger partial charge in [-0.3, -0.25) is 0 Å². The molecule has 0 spiro atoms. The number of unbranched alkanes of at least 4 members (excludes halogenated alkanes) is 1. The summed E-state index contributed by atoms with van der Waals surface area (Å²) in [5.74, 6) is 0.878. The van der Waals surface area contributed by atoms with E-state index in [4.69, 9.17) is 4.74 Å². The maximum absolute atomic E-state index is 5.51. The molecule has 0 amide bonds. The Labute approximate surface area is 107 Å². The van der Waals surface area contributed by atoms with Gasteiger partial charge in [0.25, 0.3) is 0 Å². The fourth-order valence-corrected chi connectivity index (χ4v) is 1.72. The molecule has 1 N–H and O–H groups in total. The Kier molecular flexibility index (Phi) is 4.96. The van der Waals surface area contributed by atoms with Crippen LogP contribution in [0.15, 0.2) is 24.7 Å². The van der Waals surface area contributed by atoms with E-state index in [1.807, 2.05) is 16.8 Å². The van der Waals surface area contributed by atoms with E-state index in [2.05, 4.69) is 22.3 Å². The fourth-order valence-electron chi connectivity index (χ4n) is 1.72. The predicted molar refractivity (Wildman–Crippen MR) is 71.8 cm³/mol. The van der Waals surface area contributed by atoms with Crippen molar-refractivity contribution >= 4 is 11.3 Å². The first-order chi connectivity index (χ1) is 8.92. The van der Waals surface area contributed by atoms with Gasteiger partial charge in [-0.1, -0.05) is 13.3 Å². The van der Waals surface area contributed by atoms with Crippen LogP contribution in [-0.2, 0) is 4.74 Å². The number of fused-ring (bicyclic) bond motifs is 1. The molecule has 0 aliphatic rings. The molecular weight excluding hydrogens is 228 g/mol. The molecule has 2 aromatic rings. The molecule has 2 heterocycles. The van der Waals surface area contributed by atoms with Crippen LogP contribution in [0.4, 0.5) is 5.82 Å². The van der Waals surface area contributed by atoms with Crippen LogP contribution >= 0.6 is 0 Å². The highest BCUT2D eigenvalue weighted by molar-refractivity contribution is 5.66. The predicted octanol–water partition coefficient (Wildman–Crippen LogP) is 2.35. The summed E-state index contributed by atoms with van der Waals surface area (Å²) in [4.78, 5) is 4.31. The van der Waals surface area contributed by atoms with E-state index in [0.717, 1.165) is 43.9 Å². The van der Waals surface area contributed by atoms with Crippen molar-refractivity contribution in [2.75, 3.05) is 25.1 Å². The summed E-state index contributed by atoms with van der Waals surface area (Å²) >= 11 is 0. The number of hydrogen-bond donors (Lipinski definition) is 1. The molecule has 98 valence electrons. The van der Waals surface area contributed by atoms with Crippen LogP contribution in [0.1, 0.15) is 26.2 Å². The summed E-state index contributed by atoms with van der Waals surface area (Å²) in [6, 6.07) is 1.95. The highest BCUT2D eigenvalue weighted by Gasteiger charge is 2.01. The molecule has 5 heteroatoms. The lowest BCUT2D eigenvalue weighted by Crippen LogP contribution is -2.08. The molecule has 0 atom stereocenters. The lowest BCUT2D eigenvalue weighted by molar-refractivity contribution is 0.131. The Bertz CT molecular complexity index is 469. The van der Waals surface area contributed by atoms with Crippen LogP contribution in [-0.4, -0.2) is 34.4 Å². The average Bonchev–Trinajstić information content (AvgIpc) is 2.86. The molecule has 0 unspecified atom stereocenters. The monoisotopic (exact) mass is 248 g/mol. The smallest absolute Gasteiger partial charge is 0.152 e. The number of nitrogens with one attached hydrogen (secondary N) is 1. The molecule has 2 aromatic heterocycles. The van der Waals surface area contributed by atoms with Gasteiger partial charge in [0.15, 0.2) is 5.82 Å². The van der Waals surface area contributed by atoms with Crippen molar-refractivity contribution in [2.24, 2.45) is 0 Å². The van der Waals surface area contributed by atoms with E-state index in [9.17, 15) is 0 Å². The van der Waals surface area contributed by atoms with Gasteiger partial charge in [-0.2, -0.15) is 5.10 Å². The van der Waals surface area contributed by atoms with E-state index in [1.54, 1.807) is 12.4 Å². The van der Waals surface area contributed by atoms with Gasteiger partial charge < -0.3 is 10.1 Å². The summed E-state index contributed by atoms with van der Waals surface area (Å²) in [5, 5.41) is 7.48. The minimum absolute atomic E-state index is 0.801. The summed E-state index contributed by atoms with van der Waals surface area (Å²) in [6.45, 7) is 4.70. The molecule has 0 bridgehead atoms. The molecule has 2 rings (SSSR count). The lowest BCUT2D eigenvalue weighted by atomic mass is 10.3. The Morgan fingerprint density at radius 2 is 2.17 bits per heavy atom. The second-order valence-electron chi connectivity index (χ2n) is 4.18. The van der Waals surface area contributed by atoms with E-state index in [0.29, 0.717) is 0 Å². The van der Waals surface area contributed by atoms with Gasteiger partial charge in [0.2, 0.25) is 0 Å². The molecule has 5 nitrogen and oxygen atoms in total. The van der Waals surface area contributed by atoms with Crippen LogP contribution in [0.25, 0.3) is 5.52 Å². The zero-order valence-electron chi connectivity index (χ0n) is 10.8. The second-order valence-corrected chi connectivity index (χ2v) is 4.18. The minimum Gasteiger partial charge on any atom is -0.381 e. The third-order valence-corrected chi connectivity index (χ3v) is 2.72. The van der Waals surface area contributed by atoms with Crippen LogP contribution in [0.5, 0.6) is 0 Å². The minimum atomic E-state index is 0.801. The van der Waals surface area contributed by atoms with Gasteiger partial charge in [0.05, 0.1) is 6.20 Å². The molecule has 0 fully saturated rings. The number of nitrogens with zero attached hydrogens (tertiary/aromatic N) is 3. The number of ether oxygens (including phenoxy) is 1. The first-order valence-corrected chi connectivity index (χ1v) is 6.52. The van der Waals surface area contributed by atoms with E-state index in [1.165, 1.54) is 6.42 Å². The van der Waals surface area contributed by atoms with Gasteiger partial charge in [-0.15, -0.1) is 0 Å². The van der Waals surface area contributed by atoms with Crippen LogP contribution < -0.4 is 5.32 Å². The lowest BCUT2D eigenvalue weighted by Gasteiger charge is -2.07. The molecule has 0 aliphatic carbocycles. The Morgan fingerprint density at radius 1 is 1.28 bits per heavy atom. The van der Waals surface area contributed by atoms with Gasteiger partial charge in [-0.05, 0) is 18.9 Å². The van der Waals surface area contributed by atoms with Crippen molar-refractivity contribution in [1.82, 2.24) is 14.6 Å². The summed E-state index contributed by atoms with van der Waals surface area (Å²) in [7, 11) is 0. The maximum Gasteiger partial charge on any atom is 0.152 e. The quantitative estimate of drug-likeness (QED) is 0.729. The van der Waals surface area contributed by atoms with Gasteiger partial charge in [0, 0.05) is 32.2 Å². The normalized spacial score (nSPS) is 10.9. The van der Waals surface area contributed by atoms with Crippen LogP contribution in [0.3, 0.4) is 0 Å². The van der Waals surface area contributed by atoms with Crippen molar-refractivity contribution < 1.29 is 4.74 Å². The number of anilines is 1. The van der Waals surface area contributed by atoms with Crippen molar-refractivity contribution in [2.45, 2.75) is 26.2 Å². The third kappa shape index (κ3) is 3.43. The van der Waals surface area contributed by atoms with Gasteiger partial charge >= 0.3 is 0 Å². The first kappa shape index (κ1) is 12.8. The van der Waals surface area contributed by atoms with Crippen LogP contribution in [0.2, 0.25) is 0 Å². The average molecular weight is 248 g/mol. The summed E-state index contributed by atoms with van der Waals surface area (Å²) in [5.41, 5.74) is 1.00. The number of aromatic nitrogens is 3. The Balaban J connectivity index is 1.72. The van der Waals surface area contributed by atoms with Gasteiger partial charge in [-0.25, -0.2) is 9.50 Å². The molecule has 18 heavy (non-hydrogen) atoms. The third-order valence-electron chi connectivity index (χ3n) is 2.72. The highest BCUT2D eigenvalue weighted by atomic mass is 16.5. The zero-order valence-corrected chi connectivity index (χ0v) is 10.8. The van der Waals surface area contributed by atoms with Crippen molar-refractivity contribution in [3.63, 3.8) is 0 Å². The SMILES string of the molecule is CCCCOCCCNc1nccn2nccc12. The molecule has 0 radical (unpaired) electrons. The largest absolute Gasteiger partial charge is 0.381 e. The van der Waals surface area contributed by atoms with E-state index < -0.39 is 0 Å². The van der Waals surface area contributed by atoms with E-state index in [-0.39, 0.29) is 0 Å². The van der Waals surface area contributed by atoms with E-state index >= 15 is 0 Å². The van der Waals surface area contributed by atoms with Crippen molar-refractivity contribution in [3.8, 4) is 0 Å². The Hall–Kier alpha value is -1.62. The second kappa shape index (κ2) is 6.96. The number of hydrogen-bond acceptors (Lipinski definition) is 4. The first-order valence-electron chi connectivity index (χ1n) is 6.52. The summed E-state index contributed by atoms with van der Waals surface area (Å²) in [6.07, 6.45) is 8.68. The van der Waals surface area contributed by atoms with Gasteiger partial charge in [0.1, 0.15) is 5.52 Å². The zero-order chi connectivity index (χ0) is 12.6. The summed E-state index contributed by atoms with van der Waals surface area (Å²) < 4.78 is 7.32.